The van der Waals surface area contributed by atoms with Crippen LogP contribution < -0.4 is 14.4 Å². The summed E-state index contributed by atoms with van der Waals surface area (Å²) in [5.74, 6) is 0.0162. The summed E-state index contributed by atoms with van der Waals surface area (Å²) >= 11 is 0. The highest BCUT2D eigenvalue weighted by atomic mass is 32.2. The van der Waals surface area contributed by atoms with E-state index in [1.807, 2.05) is 81.4 Å². The van der Waals surface area contributed by atoms with E-state index in [1.165, 1.54) is 4.31 Å². The molecule has 0 aliphatic heterocycles. The Morgan fingerprint density at radius 1 is 0.878 bits per heavy atom. The molecule has 0 aliphatic rings. The summed E-state index contributed by atoms with van der Waals surface area (Å²) in [7, 11) is -3.65. The molecule has 3 rings (SSSR count). The molecule has 1 atom stereocenters. The van der Waals surface area contributed by atoms with E-state index in [0.717, 1.165) is 17.4 Å². The Hall–Kier alpha value is -3.85. The molecule has 0 saturated carbocycles. The maximum atomic E-state index is 13.9. The van der Waals surface area contributed by atoms with E-state index in [0.29, 0.717) is 24.5 Å². The summed E-state index contributed by atoms with van der Waals surface area (Å²) in [4.78, 5) is 29.0. The summed E-state index contributed by atoms with van der Waals surface area (Å²) in [5, 5.41) is 2.98. The lowest BCUT2D eigenvalue weighted by molar-refractivity contribution is -0.141. The fourth-order valence-electron chi connectivity index (χ4n) is 4.64. The lowest BCUT2D eigenvalue weighted by Crippen LogP contribution is -2.51. The van der Waals surface area contributed by atoms with E-state index >= 15 is 0 Å². The summed E-state index contributed by atoms with van der Waals surface area (Å²) < 4.78 is 32.5. The average Bonchev–Trinajstić information content (AvgIpc) is 2.93. The van der Waals surface area contributed by atoms with E-state index in [2.05, 4.69) is 5.32 Å². The highest BCUT2D eigenvalue weighted by Gasteiger charge is 2.31. The van der Waals surface area contributed by atoms with Crippen LogP contribution >= 0.6 is 0 Å². The van der Waals surface area contributed by atoms with Gasteiger partial charge in [-0.15, -0.1) is 0 Å². The summed E-state index contributed by atoms with van der Waals surface area (Å²) in [6.45, 7) is 6.36. The number of benzene rings is 3. The Morgan fingerprint density at radius 2 is 1.46 bits per heavy atom. The van der Waals surface area contributed by atoms with Gasteiger partial charge in [-0.3, -0.25) is 13.9 Å². The molecule has 3 aromatic rings. The van der Waals surface area contributed by atoms with E-state index in [1.54, 1.807) is 29.2 Å². The normalized spacial score (nSPS) is 12.0. The average molecular weight is 580 g/mol. The van der Waals surface area contributed by atoms with Gasteiger partial charge in [-0.1, -0.05) is 72.8 Å². The predicted molar refractivity (Wildman–Crippen MR) is 163 cm³/mol. The van der Waals surface area contributed by atoms with E-state index in [4.69, 9.17) is 4.74 Å². The third-order valence-corrected chi connectivity index (χ3v) is 7.66. The lowest BCUT2D eigenvalue weighted by atomic mass is 10.0. The molecular formula is C32H41N3O5S. The molecule has 1 unspecified atom stereocenters. The van der Waals surface area contributed by atoms with Crippen LogP contribution in [0, 0.1) is 0 Å². The number of rotatable bonds is 15. The number of amides is 2. The maximum Gasteiger partial charge on any atom is 0.243 e. The van der Waals surface area contributed by atoms with Gasteiger partial charge < -0.3 is 15.0 Å². The number of anilines is 1. The largest absolute Gasteiger partial charge is 0.492 e. The summed E-state index contributed by atoms with van der Waals surface area (Å²) in [5.41, 5.74) is 2.28. The van der Waals surface area contributed by atoms with Crippen LogP contribution in [-0.4, -0.2) is 56.6 Å². The minimum atomic E-state index is -3.65. The zero-order chi connectivity index (χ0) is 29.8. The summed E-state index contributed by atoms with van der Waals surface area (Å²) in [6, 6.07) is 25.3. The minimum absolute atomic E-state index is 0.0654. The molecule has 0 saturated heterocycles. The van der Waals surface area contributed by atoms with Gasteiger partial charge in [-0.05, 0) is 50.5 Å². The molecule has 0 bridgehead atoms. The molecule has 0 aliphatic carbocycles. The van der Waals surface area contributed by atoms with Crippen LogP contribution in [0.3, 0.4) is 0 Å². The van der Waals surface area contributed by atoms with Gasteiger partial charge in [0.25, 0.3) is 0 Å². The predicted octanol–water partition coefficient (Wildman–Crippen LogP) is 4.80. The monoisotopic (exact) mass is 579 g/mol. The third-order valence-electron chi connectivity index (χ3n) is 6.48. The van der Waals surface area contributed by atoms with Gasteiger partial charge in [-0.2, -0.15) is 0 Å². The number of carbonyl (C=O) groups excluding carboxylic acids is 2. The molecule has 0 spiro atoms. The van der Waals surface area contributed by atoms with Gasteiger partial charge in [0.05, 0.1) is 18.6 Å². The van der Waals surface area contributed by atoms with Crippen molar-refractivity contribution in [2.24, 2.45) is 0 Å². The first-order chi connectivity index (χ1) is 19.6. The Balaban J connectivity index is 1.87. The Kier molecular flexibility index (Phi) is 11.8. The number of hydrogen-bond acceptors (Lipinski definition) is 5. The molecule has 9 heteroatoms. The molecule has 0 fully saturated rings. The van der Waals surface area contributed by atoms with Crippen molar-refractivity contribution in [1.29, 1.82) is 0 Å². The van der Waals surface area contributed by atoms with Crippen LogP contribution in [0.2, 0.25) is 0 Å². The fraction of sp³-hybridized carbons (Fsp3) is 0.375. The number of sulfonamides is 1. The topological polar surface area (TPSA) is 96.0 Å². The molecule has 41 heavy (non-hydrogen) atoms. The second kappa shape index (κ2) is 15.2. The smallest absolute Gasteiger partial charge is 0.243 e. The fourth-order valence-corrected chi connectivity index (χ4v) is 5.61. The van der Waals surface area contributed by atoms with Crippen molar-refractivity contribution in [1.82, 2.24) is 10.2 Å². The molecular weight excluding hydrogens is 538 g/mol. The molecule has 8 nitrogen and oxygen atoms in total. The Morgan fingerprint density at radius 3 is 2.05 bits per heavy atom. The third kappa shape index (κ3) is 9.63. The molecule has 220 valence electrons. The number of hydrogen-bond donors (Lipinski definition) is 1. The molecule has 0 aromatic heterocycles. The molecule has 2 amide bonds. The second-order valence-corrected chi connectivity index (χ2v) is 12.1. The van der Waals surface area contributed by atoms with Crippen LogP contribution in [0.4, 0.5) is 5.69 Å². The number of nitrogens with one attached hydrogen (secondary N) is 1. The number of carbonyl (C=O) groups is 2. The molecule has 0 radical (unpaired) electrons. The van der Waals surface area contributed by atoms with Crippen molar-refractivity contribution in [3.8, 4) is 5.75 Å². The van der Waals surface area contributed by atoms with Gasteiger partial charge in [0.1, 0.15) is 11.8 Å². The molecule has 0 heterocycles. The first-order valence-electron chi connectivity index (χ1n) is 14.0. The molecule has 1 N–H and O–H groups in total. The lowest BCUT2D eigenvalue weighted by Gasteiger charge is -2.32. The number of ether oxygens (including phenoxy) is 1. The van der Waals surface area contributed by atoms with Gasteiger partial charge >= 0.3 is 0 Å². The minimum Gasteiger partial charge on any atom is -0.492 e. The molecule has 3 aromatic carbocycles. The quantitative estimate of drug-likeness (QED) is 0.279. The van der Waals surface area contributed by atoms with Gasteiger partial charge in [-0.25, -0.2) is 8.42 Å². The van der Waals surface area contributed by atoms with E-state index in [-0.39, 0.29) is 43.8 Å². The SMILES string of the molecule is CCOc1ccccc1N(CCCC(=O)N(Cc1ccccc1)C(Cc1ccccc1)C(=O)NC(C)C)S(C)(=O)=O. The van der Waals surface area contributed by atoms with Crippen molar-refractivity contribution in [2.75, 3.05) is 23.7 Å². The van der Waals surface area contributed by atoms with Crippen molar-refractivity contribution in [2.45, 2.75) is 58.7 Å². The Labute approximate surface area is 244 Å². The zero-order valence-electron chi connectivity index (χ0n) is 24.3. The van der Waals surface area contributed by atoms with E-state index < -0.39 is 16.1 Å². The Bertz CT molecular complexity index is 1360. The highest BCUT2D eigenvalue weighted by molar-refractivity contribution is 7.92. The second-order valence-electron chi connectivity index (χ2n) is 10.2. The van der Waals surface area contributed by atoms with E-state index in [9.17, 15) is 18.0 Å². The first-order valence-corrected chi connectivity index (χ1v) is 15.8. The maximum absolute atomic E-state index is 13.9. The van der Waals surface area contributed by atoms with Crippen molar-refractivity contribution >= 4 is 27.5 Å². The van der Waals surface area contributed by atoms with Gasteiger partial charge in [0.15, 0.2) is 0 Å². The number of para-hydroxylation sites is 2. The summed E-state index contributed by atoms with van der Waals surface area (Å²) in [6.07, 6.45) is 1.83. The zero-order valence-corrected chi connectivity index (χ0v) is 25.1. The van der Waals surface area contributed by atoms with Crippen LogP contribution in [-0.2, 0) is 32.6 Å². The van der Waals surface area contributed by atoms with Gasteiger partial charge in [0, 0.05) is 32.0 Å². The van der Waals surface area contributed by atoms with Gasteiger partial charge in [0.2, 0.25) is 21.8 Å². The van der Waals surface area contributed by atoms with Crippen LogP contribution in [0.5, 0.6) is 5.75 Å². The van der Waals surface area contributed by atoms with Crippen LogP contribution in [0.15, 0.2) is 84.9 Å². The van der Waals surface area contributed by atoms with Crippen LogP contribution in [0.25, 0.3) is 0 Å². The van der Waals surface area contributed by atoms with Crippen LogP contribution in [0.1, 0.15) is 44.7 Å². The van der Waals surface area contributed by atoms with Crippen molar-refractivity contribution in [3.05, 3.63) is 96.1 Å². The number of nitrogens with zero attached hydrogens (tertiary/aromatic N) is 2. The van der Waals surface area contributed by atoms with Crippen molar-refractivity contribution < 1.29 is 22.7 Å². The first kappa shape index (κ1) is 31.7. The van der Waals surface area contributed by atoms with Crippen molar-refractivity contribution in [3.63, 3.8) is 0 Å². The highest BCUT2D eigenvalue weighted by Crippen LogP contribution is 2.30. The standard InChI is InChI=1S/C32H41N3O5S/c1-5-40-30-20-13-12-19-28(30)35(41(4,38)39)22-14-21-31(36)34(24-27-17-10-7-11-18-27)29(32(37)33-25(2)3)23-26-15-8-6-9-16-26/h6-13,15-20,25,29H,5,14,21-24H2,1-4H3,(H,33,37).